The summed E-state index contributed by atoms with van der Waals surface area (Å²) < 4.78 is 0. The minimum Gasteiger partial charge on any atom is -0.479 e. The molecule has 166 valence electrons. The largest absolute Gasteiger partial charge is 2.00 e. The molecule has 2 atom stereocenters. The molecule has 0 saturated heterocycles. The summed E-state index contributed by atoms with van der Waals surface area (Å²) in [4.78, 5) is 19.5. The maximum atomic E-state index is 9.77. The zero-order valence-corrected chi connectivity index (χ0v) is 21.1. The second-order valence-corrected chi connectivity index (χ2v) is 5.42. The van der Waals surface area contributed by atoms with Crippen molar-refractivity contribution in [2.24, 2.45) is 0 Å². The van der Waals surface area contributed by atoms with Gasteiger partial charge in [-0.15, -0.1) is 0 Å². The molecule has 32 heavy (non-hydrogen) atoms. The van der Waals surface area contributed by atoms with E-state index in [-0.39, 0.29) is 42.1 Å². The Kier molecular flexibility index (Phi) is 31.6. The van der Waals surface area contributed by atoms with Crippen LogP contribution in [0.2, 0.25) is 0 Å². The molecule has 4 aliphatic rings. The van der Waals surface area contributed by atoms with E-state index in [0.717, 1.165) is 0 Å². The van der Waals surface area contributed by atoms with Crippen molar-refractivity contribution in [3.05, 3.63) is 128 Å². The van der Waals surface area contributed by atoms with Crippen molar-refractivity contribution >= 4 is 11.9 Å². The number of aliphatic carboxylic acids is 2. The molecule has 0 aromatic carbocycles. The number of hydrogen-bond donors (Lipinski definition) is 4. The van der Waals surface area contributed by atoms with Gasteiger partial charge in [0.1, 0.15) is 0 Å². The van der Waals surface area contributed by atoms with E-state index in [2.05, 4.69) is 0 Å². The third-order valence-electron chi connectivity index (χ3n) is 3.03. The molecule has 0 aromatic rings. The molecule has 20 radical (unpaired) electrons. The van der Waals surface area contributed by atoms with Crippen LogP contribution in [0.15, 0.2) is 0 Å². The van der Waals surface area contributed by atoms with E-state index in [9.17, 15) is 9.59 Å². The molecule has 0 aliphatic heterocycles. The number of hydrogen-bond acceptors (Lipinski definition) is 4. The van der Waals surface area contributed by atoms with E-state index in [1.54, 1.807) is 0 Å². The van der Waals surface area contributed by atoms with Gasteiger partial charge in [0, 0.05) is 0 Å². The number of carboxylic acid groups (broad SMARTS) is 2. The molecular weight excluding hydrogens is 576 g/mol. The summed E-state index contributed by atoms with van der Waals surface area (Å²) in [5.41, 5.74) is 0. The zero-order valence-electron chi connectivity index (χ0n) is 17.1. The Labute approximate surface area is 223 Å². The molecule has 4 rings (SSSR count). The van der Waals surface area contributed by atoms with Crippen LogP contribution in [0.4, 0.5) is 0 Å². The molecule has 0 spiro atoms. The van der Waals surface area contributed by atoms with Crippen LogP contribution in [0, 0.1) is 128 Å². The predicted octanol–water partition coefficient (Wildman–Crippen LogP) is 1.96. The van der Waals surface area contributed by atoms with Crippen molar-refractivity contribution in [1.82, 2.24) is 0 Å². The van der Waals surface area contributed by atoms with Gasteiger partial charge in [-0.05, 0) is 128 Å². The van der Waals surface area contributed by atoms with Crippen molar-refractivity contribution < 1.29 is 72.1 Å². The molecule has 4 saturated carbocycles. The number of rotatable bonds is 3. The molecule has 0 aromatic heterocycles. The Morgan fingerprint density at radius 2 is 0.469 bits per heavy atom. The maximum Gasteiger partial charge on any atom is 2.00 e. The third kappa shape index (κ3) is 24.9. The minimum absolute atomic E-state index is 0. The predicted molar refractivity (Wildman–Crippen MR) is 113 cm³/mol. The van der Waals surface area contributed by atoms with Crippen LogP contribution in [0.1, 0.15) is 0 Å². The standard InChI is InChI=1S/4C5H5.C4H6O6.2Mo/c4*1-2-4-5-3-1;5-1(3(7)8)2(6)4(9)10;;/h4*1-5H;1-2,5-6H,(H,7,8)(H,9,10);;/q;;;;;2*+2/t;;;;1-,2-;;/m....1../s1. The van der Waals surface area contributed by atoms with Crippen LogP contribution in [0.25, 0.3) is 0 Å². The van der Waals surface area contributed by atoms with Gasteiger partial charge in [-0.2, -0.15) is 0 Å². The fourth-order valence-electron chi connectivity index (χ4n) is 1.55. The maximum absolute atomic E-state index is 9.77. The fourth-order valence-corrected chi connectivity index (χ4v) is 1.55. The second-order valence-electron chi connectivity index (χ2n) is 5.42. The van der Waals surface area contributed by atoms with Gasteiger partial charge in [0.2, 0.25) is 0 Å². The van der Waals surface area contributed by atoms with Gasteiger partial charge in [0.05, 0.1) is 0 Å². The Hall–Kier alpha value is 0.237. The van der Waals surface area contributed by atoms with Crippen molar-refractivity contribution in [2.75, 3.05) is 0 Å². The van der Waals surface area contributed by atoms with Crippen molar-refractivity contribution in [1.29, 1.82) is 0 Å². The van der Waals surface area contributed by atoms with Gasteiger partial charge in [-0.25, -0.2) is 9.59 Å². The second kappa shape index (κ2) is 27.5. The molecule has 0 unspecified atom stereocenters. The zero-order chi connectivity index (χ0) is 22.5. The SMILES string of the molecule is O=C(O)[C@H](O)[C@@H](O)C(=O)O.[CH]1[CH][CH][CH][CH]1.[CH]1[CH][CH][CH][CH]1.[CH]1[CH][CH][CH][CH]1.[CH]1[CH][CH][CH][CH]1.[Mo+2].[Mo+2]. The quantitative estimate of drug-likeness (QED) is 0.368. The van der Waals surface area contributed by atoms with Crippen molar-refractivity contribution in [3.63, 3.8) is 0 Å². The summed E-state index contributed by atoms with van der Waals surface area (Å²) in [6.07, 6.45) is 35.5. The molecule has 6 nitrogen and oxygen atoms in total. The van der Waals surface area contributed by atoms with E-state index < -0.39 is 24.1 Å². The van der Waals surface area contributed by atoms with Gasteiger partial charge in [-0.1, -0.05) is 0 Å². The smallest absolute Gasteiger partial charge is 0.479 e. The van der Waals surface area contributed by atoms with Gasteiger partial charge in [0.25, 0.3) is 0 Å². The first kappa shape index (κ1) is 36.8. The van der Waals surface area contributed by atoms with E-state index in [0.29, 0.717) is 0 Å². The molecule has 8 heteroatoms. The van der Waals surface area contributed by atoms with Crippen LogP contribution in [-0.2, 0) is 51.7 Å². The molecule has 0 heterocycles. The number of aliphatic hydroxyl groups is 2. The van der Waals surface area contributed by atoms with Crippen LogP contribution >= 0.6 is 0 Å². The van der Waals surface area contributed by atoms with Crippen molar-refractivity contribution in [2.45, 2.75) is 12.2 Å². The first-order valence-electron chi connectivity index (χ1n) is 8.95. The average Bonchev–Trinajstić information content (AvgIpc) is 3.59. The minimum atomic E-state index is -2.27. The number of aliphatic hydroxyl groups excluding tert-OH is 2. The van der Waals surface area contributed by atoms with Crippen LogP contribution in [0.3, 0.4) is 0 Å². The van der Waals surface area contributed by atoms with Gasteiger partial charge in [0.15, 0.2) is 12.2 Å². The molecule has 0 amide bonds. The van der Waals surface area contributed by atoms with Crippen LogP contribution in [0.5, 0.6) is 0 Å². The average molecular weight is 602 g/mol. The third-order valence-corrected chi connectivity index (χ3v) is 3.03. The Morgan fingerprint density at radius 3 is 0.531 bits per heavy atom. The molecule has 0 bridgehead atoms. The van der Waals surface area contributed by atoms with Gasteiger partial charge in [-0.3, -0.25) is 0 Å². The van der Waals surface area contributed by atoms with E-state index >= 15 is 0 Å². The number of carbonyl (C=O) groups is 2. The summed E-state index contributed by atoms with van der Waals surface area (Å²) >= 11 is 0. The Morgan fingerprint density at radius 1 is 0.375 bits per heavy atom. The topological polar surface area (TPSA) is 115 Å². The van der Waals surface area contributed by atoms with Crippen LogP contribution in [-0.4, -0.2) is 44.6 Å². The van der Waals surface area contributed by atoms with E-state index in [1.165, 1.54) is 0 Å². The normalized spacial score (nSPS) is 19.9. The first-order valence-corrected chi connectivity index (χ1v) is 8.95. The van der Waals surface area contributed by atoms with Gasteiger partial charge >= 0.3 is 54.1 Å². The monoisotopic (exact) mass is 606 g/mol. The van der Waals surface area contributed by atoms with Gasteiger partial charge < -0.3 is 20.4 Å². The summed E-state index contributed by atoms with van der Waals surface area (Å²) in [6.45, 7) is 0. The molecule has 4 aliphatic carbocycles. The fraction of sp³-hybridized carbons (Fsp3) is 0.0833. The summed E-state index contributed by atoms with van der Waals surface area (Å²) in [5, 5.41) is 32.5. The van der Waals surface area contributed by atoms with E-state index in [4.69, 9.17) is 20.4 Å². The van der Waals surface area contributed by atoms with Crippen LogP contribution < -0.4 is 0 Å². The summed E-state index contributed by atoms with van der Waals surface area (Å²) in [7, 11) is 0. The molecule has 4 fully saturated rings. The Balaban J connectivity index is -0.000000333. The summed E-state index contributed by atoms with van der Waals surface area (Å²) in [5.74, 6) is -3.54. The van der Waals surface area contributed by atoms with E-state index in [1.807, 2.05) is 128 Å². The number of carboxylic acids is 2. The van der Waals surface area contributed by atoms with Crippen molar-refractivity contribution in [3.8, 4) is 0 Å². The molecule has 4 N–H and O–H groups in total. The summed E-state index contributed by atoms with van der Waals surface area (Å²) in [6, 6.07) is 0. The molecular formula is C24H26Mo2O6+4. The first-order chi connectivity index (χ1) is 14.5. The Bertz CT molecular complexity index is 319.